The zero-order chi connectivity index (χ0) is 22.8. The van der Waals surface area contributed by atoms with Gasteiger partial charge in [0.05, 0.1) is 30.6 Å². The van der Waals surface area contributed by atoms with Gasteiger partial charge in [-0.05, 0) is 12.1 Å². The van der Waals surface area contributed by atoms with E-state index in [2.05, 4.69) is 95.0 Å². The van der Waals surface area contributed by atoms with E-state index in [4.69, 9.17) is 13.2 Å². The fourth-order valence-corrected chi connectivity index (χ4v) is 1.59. The Bertz CT molecular complexity index is 1250. The van der Waals surface area contributed by atoms with Gasteiger partial charge in [0.15, 0.2) is 29.6 Å². The number of halogens is 3. The van der Waals surface area contributed by atoms with E-state index in [1.165, 1.54) is 12.1 Å². The monoisotopic (exact) mass is 404 g/mol. The van der Waals surface area contributed by atoms with E-state index < -0.39 is 11.7 Å². The van der Waals surface area contributed by atoms with Crippen LogP contribution in [0.3, 0.4) is 0 Å². The molecule has 0 heterocycles. The van der Waals surface area contributed by atoms with E-state index in [0.717, 1.165) is 24.3 Å². The molecule has 1 aromatic carbocycles. The summed E-state index contributed by atoms with van der Waals surface area (Å²) in [5.74, 6) is 34.4. The zero-order valence-electron chi connectivity index (χ0n) is 15.8. The van der Waals surface area contributed by atoms with Crippen molar-refractivity contribution < 1.29 is 18.1 Å². The SMILES string of the molecule is [CH+]=CC#CC#CC#CC#C[NH+](C#CC#CC#CC#CC=[CH+])c1ccc(C(F)(F)F)cc1. The number of nitrogens with one attached hydrogen (secondary N) is 1. The fourth-order valence-electron chi connectivity index (χ4n) is 1.59. The maximum absolute atomic E-state index is 12.8. The fraction of sp³-hybridized carbons (Fsp3) is 0.0370. The first-order valence-corrected chi connectivity index (χ1v) is 8.13. The molecular weight excluding hydrogens is 395 g/mol. The van der Waals surface area contributed by atoms with Crippen molar-refractivity contribution in [3.05, 3.63) is 55.1 Å². The number of rotatable bonds is 1. The lowest BCUT2D eigenvalue weighted by atomic mass is 10.2. The Labute approximate surface area is 180 Å². The Morgan fingerprint density at radius 2 is 1.00 bits per heavy atom. The van der Waals surface area contributed by atoms with Gasteiger partial charge in [0.1, 0.15) is 11.8 Å². The molecule has 1 rings (SSSR count). The molecule has 1 aromatic rings. The summed E-state index contributed by atoms with van der Waals surface area (Å²) in [5.41, 5.74) is -0.407. The Hall–Kier alpha value is -5.25. The van der Waals surface area contributed by atoms with Crippen LogP contribution >= 0.6 is 0 Å². The molecule has 1 nitrogen and oxygen atoms in total. The third-order valence-electron chi connectivity index (χ3n) is 2.81. The van der Waals surface area contributed by atoms with Crippen LogP contribution in [0, 0.1) is 108 Å². The average Bonchev–Trinajstić information content (AvgIpc) is 2.75. The molecule has 140 valence electrons. The van der Waals surface area contributed by atoms with Gasteiger partial charge >= 0.3 is 6.18 Å². The van der Waals surface area contributed by atoms with E-state index in [0.29, 0.717) is 5.69 Å². The largest absolute Gasteiger partial charge is 0.416 e. The van der Waals surface area contributed by atoms with Crippen LogP contribution in [-0.4, -0.2) is 0 Å². The zero-order valence-corrected chi connectivity index (χ0v) is 15.8. The highest BCUT2D eigenvalue weighted by atomic mass is 19.4. The summed E-state index contributed by atoms with van der Waals surface area (Å²) < 4.78 is 38.3. The molecule has 0 atom stereocenters. The number of allylic oxidation sites excluding steroid dienone is 2. The van der Waals surface area contributed by atoms with Gasteiger partial charge in [0, 0.05) is 59.5 Å². The summed E-state index contributed by atoms with van der Waals surface area (Å²) in [6, 6.07) is 9.76. The van der Waals surface area contributed by atoms with Gasteiger partial charge in [-0.3, -0.25) is 0 Å². The van der Waals surface area contributed by atoms with E-state index >= 15 is 0 Å². The van der Waals surface area contributed by atoms with Gasteiger partial charge in [-0.2, -0.15) is 13.2 Å². The van der Waals surface area contributed by atoms with Crippen LogP contribution in [0.5, 0.6) is 0 Å². The molecule has 0 amide bonds. The van der Waals surface area contributed by atoms with Crippen molar-refractivity contribution in [2.24, 2.45) is 0 Å². The number of alkyl halides is 3. The van der Waals surface area contributed by atoms with Gasteiger partial charge < -0.3 is 0 Å². The molecular formula is C27H9F3N+3. The second kappa shape index (κ2) is 13.8. The quantitative estimate of drug-likeness (QED) is 0.541. The van der Waals surface area contributed by atoms with Crippen molar-refractivity contribution in [3.63, 3.8) is 0 Å². The Kier molecular flexibility index (Phi) is 10.6. The summed E-state index contributed by atoms with van der Waals surface area (Å²) in [6.07, 6.45) is -2.15. The standard InChI is InChI=1S/C27H8F3N/c1-3-5-7-9-11-13-15-17-23-31(24-18-16-14-12-10-8-6-4-2)26-21-19-25(20-22-26)27(28,29)30/h1-4,19-22H/q+2/p+1. The summed E-state index contributed by atoms with van der Waals surface area (Å²) in [4.78, 5) is 0.230. The van der Waals surface area contributed by atoms with Crippen LogP contribution in [0.2, 0.25) is 0 Å². The molecule has 0 aromatic heterocycles. The first kappa shape index (κ1) is 23.8. The molecule has 0 unspecified atom stereocenters. The van der Waals surface area contributed by atoms with E-state index in [9.17, 15) is 13.2 Å². The number of benzene rings is 1. The smallest absolute Gasteiger partial charge is 0.166 e. The third kappa shape index (κ3) is 10.6. The number of quaternary nitrogens is 1. The summed E-state index contributed by atoms with van der Waals surface area (Å²) in [5, 5.41) is 0. The molecule has 31 heavy (non-hydrogen) atoms. The van der Waals surface area contributed by atoms with Crippen LogP contribution in [0.25, 0.3) is 0 Å². The molecule has 0 spiro atoms. The first-order chi connectivity index (χ1) is 15.0. The van der Waals surface area contributed by atoms with E-state index in [1.54, 1.807) is 0 Å². The topological polar surface area (TPSA) is 4.44 Å². The lowest BCUT2D eigenvalue weighted by Gasteiger charge is -2.07. The molecule has 0 radical (unpaired) electrons. The van der Waals surface area contributed by atoms with E-state index in [-0.39, 0.29) is 4.90 Å². The maximum Gasteiger partial charge on any atom is 0.416 e. The van der Waals surface area contributed by atoms with Gasteiger partial charge in [-0.1, -0.05) is 0 Å². The molecule has 0 aliphatic heterocycles. The van der Waals surface area contributed by atoms with Gasteiger partial charge in [0.2, 0.25) is 12.2 Å². The minimum absolute atomic E-state index is 0.230. The highest BCUT2D eigenvalue weighted by molar-refractivity contribution is 5.43. The van der Waals surface area contributed by atoms with Crippen molar-refractivity contribution in [2.45, 2.75) is 6.18 Å². The lowest BCUT2D eigenvalue weighted by molar-refractivity contribution is -0.673. The van der Waals surface area contributed by atoms with Gasteiger partial charge in [-0.25, -0.2) is 0 Å². The minimum Gasteiger partial charge on any atom is -0.166 e. The van der Waals surface area contributed by atoms with Crippen molar-refractivity contribution >= 4 is 5.69 Å². The highest BCUT2D eigenvalue weighted by Gasteiger charge is 2.30. The third-order valence-corrected chi connectivity index (χ3v) is 2.81. The normalized spacial score (nSPS) is 8.42. The Morgan fingerprint density at radius 3 is 1.39 bits per heavy atom. The molecule has 4 heteroatoms. The second-order valence-corrected chi connectivity index (χ2v) is 4.82. The van der Waals surface area contributed by atoms with Crippen molar-refractivity contribution in [1.29, 1.82) is 0 Å². The predicted octanol–water partition coefficient (Wildman–Crippen LogP) is 2.14. The first-order valence-electron chi connectivity index (χ1n) is 8.13. The molecule has 0 bridgehead atoms. The molecule has 0 fully saturated rings. The Balaban J connectivity index is 3.14. The molecule has 0 aliphatic carbocycles. The molecule has 0 aliphatic rings. The van der Waals surface area contributed by atoms with Crippen LogP contribution in [0.15, 0.2) is 36.4 Å². The van der Waals surface area contributed by atoms with Crippen molar-refractivity contribution in [1.82, 2.24) is 0 Å². The second-order valence-electron chi connectivity index (χ2n) is 4.82. The highest BCUT2D eigenvalue weighted by Crippen LogP contribution is 2.29. The van der Waals surface area contributed by atoms with Crippen molar-refractivity contribution in [3.8, 4) is 95.0 Å². The van der Waals surface area contributed by atoms with Crippen molar-refractivity contribution in [2.75, 3.05) is 0 Å². The predicted molar refractivity (Wildman–Crippen MR) is 112 cm³/mol. The Morgan fingerprint density at radius 1 is 0.613 bits per heavy atom. The molecule has 1 N–H and O–H groups in total. The van der Waals surface area contributed by atoms with Crippen LogP contribution in [-0.2, 0) is 6.18 Å². The average molecular weight is 404 g/mol. The van der Waals surface area contributed by atoms with E-state index in [1.807, 2.05) is 0 Å². The van der Waals surface area contributed by atoms with Gasteiger partial charge in [-0.15, -0.1) is 4.90 Å². The van der Waals surface area contributed by atoms with Crippen LogP contribution < -0.4 is 4.90 Å². The number of hydrogen-bond acceptors (Lipinski definition) is 0. The lowest BCUT2D eigenvalue weighted by Crippen LogP contribution is -2.98. The molecule has 0 saturated carbocycles. The van der Waals surface area contributed by atoms with Crippen LogP contribution in [0.1, 0.15) is 5.56 Å². The number of hydrogen-bond donors (Lipinski definition) is 1. The summed E-state index contributed by atoms with van der Waals surface area (Å²) in [7, 11) is 0. The summed E-state index contributed by atoms with van der Waals surface area (Å²) >= 11 is 0. The molecule has 0 saturated heterocycles. The minimum atomic E-state index is -4.44. The van der Waals surface area contributed by atoms with Gasteiger partial charge in [0.25, 0.3) is 0 Å². The van der Waals surface area contributed by atoms with Crippen LogP contribution in [0.4, 0.5) is 18.9 Å². The summed E-state index contributed by atoms with van der Waals surface area (Å²) in [6.45, 7) is 10.1. The maximum atomic E-state index is 12.8.